The van der Waals surface area contributed by atoms with Crippen LogP contribution < -0.4 is 11.1 Å². The lowest BCUT2D eigenvalue weighted by Crippen LogP contribution is -2.49. The monoisotopic (exact) mass is 162 g/mol. The van der Waals surface area contributed by atoms with E-state index in [1.807, 2.05) is 0 Å². The van der Waals surface area contributed by atoms with E-state index in [9.17, 15) is 5.11 Å². The Labute approximate surface area is 65.1 Å². The second kappa shape index (κ2) is 3.99. The average Bonchev–Trinajstić information content (AvgIpc) is 2.53. The molecular weight excluding hydrogens is 148 g/mol. The molecule has 0 radical (unpaired) electrons. The zero-order valence-corrected chi connectivity index (χ0v) is 6.23. The van der Waals surface area contributed by atoms with Crippen LogP contribution in [0.3, 0.4) is 0 Å². The summed E-state index contributed by atoms with van der Waals surface area (Å²) < 4.78 is 5.09. The molecule has 1 saturated heterocycles. The third kappa shape index (κ3) is 2.11. The van der Waals surface area contributed by atoms with Gasteiger partial charge in [0.05, 0.1) is 19.3 Å². The summed E-state index contributed by atoms with van der Waals surface area (Å²) in [6.07, 6.45) is -1.25. The van der Waals surface area contributed by atoms with Crippen molar-refractivity contribution in [1.29, 1.82) is 0 Å². The van der Waals surface area contributed by atoms with Crippen molar-refractivity contribution in [2.45, 2.75) is 18.4 Å². The number of nitrogens with one attached hydrogen (secondary N) is 1. The Morgan fingerprint density at radius 3 is 2.91 bits per heavy atom. The molecule has 11 heavy (non-hydrogen) atoms. The summed E-state index contributed by atoms with van der Waals surface area (Å²) in [6, 6.07) is -0.634. The average molecular weight is 162 g/mol. The number of ether oxygens (including phenoxy) is 1. The highest BCUT2D eigenvalue weighted by atomic mass is 16.5. The number of aliphatic hydroxyl groups excluding tert-OH is 2. The SMILES string of the molecule is NC(CO)C(O)C1NCCO1. The fourth-order valence-electron chi connectivity index (χ4n) is 0.998. The van der Waals surface area contributed by atoms with E-state index in [1.54, 1.807) is 0 Å². The van der Waals surface area contributed by atoms with Crippen LogP contribution in [-0.2, 0) is 4.74 Å². The molecule has 1 rings (SSSR count). The molecule has 0 spiro atoms. The minimum absolute atomic E-state index is 0.233. The highest BCUT2D eigenvalue weighted by Gasteiger charge is 2.27. The second-order valence-electron chi connectivity index (χ2n) is 2.58. The van der Waals surface area contributed by atoms with E-state index in [-0.39, 0.29) is 6.61 Å². The minimum atomic E-state index is -0.831. The largest absolute Gasteiger partial charge is 0.395 e. The highest BCUT2D eigenvalue weighted by Crippen LogP contribution is 2.03. The first kappa shape index (κ1) is 8.89. The molecule has 3 atom stereocenters. The van der Waals surface area contributed by atoms with Gasteiger partial charge in [0, 0.05) is 6.54 Å². The molecule has 5 nitrogen and oxygen atoms in total. The predicted molar refractivity (Wildman–Crippen MR) is 38.8 cm³/mol. The Balaban J connectivity index is 2.32. The summed E-state index contributed by atoms with van der Waals surface area (Å²) in [5.74, 6) is 0. The van der Waals surface area contributed by atoms with E-state index in [1.165, 1.54) is 0 Å². The maximum absolute atomic E-state index is 9.34. The van der Waals surface area contributed by atoms with Crippen molar-refractivity contribution in [2.24, 2.45) is 5.73 Å². The lowest BCUT2D eigenvalue weighted by atomic mass is 10.1. The first-order valence-electron chi connectivity index (χ1n) is 3.65. The van der Waals surface area contributed by atoms with Gasteiger partial charge in [0.1, 0.15) is 12.3 Å². The molecule has 0 bridgehead atoms. The maximum atomic E-state index is 9.34. The van der Waals surface area contributed by atoms with Crippen LogP contribution in [-0.4, -0.2) is 48.3 Å². The van der Waals surface area contributed by atoms with Crippen LogP contribution in [0.15, 0.2) is 0 Å². The first-order valence-corrected chi connectivity index (χ1v) is 3.65. The van der Waals surface area contributed by atoms with Crippen molar-refractivity contribution in [1.82, 2.24) is 5.32 Å². The number of hydrogen-bond donors (Lipinski definition) is 4. The number of hydrogen-bond acceptors (Lipinski definition) is 5. The van der Waals surface area contributed by atoms with E-state index >= 15 is 0 Å². The van der Waals surface area contributed by atoms with E-state index in [0.29, 0.717) is 6.61 Å². The summed E-state index contributed by atoms with van der Waals surface area (Å²) in [6.45, 7) is 1.07. The van der Waals surface area contributed by atoms with Crippen LogP contribution in [0.2, 0.25) is 0 Å². The quantitative estimate of drug-likeness (QED) is 0.372. The van der Waals surface area contributed by atoms with Gasteiger partial charge in [-0.25, -0.2) is 0 Å². The fourth-order valence-corrected chi connectivity index (χ4v) is 0.998. The Kier molecular flexibility index (Phi) is 3.22. The predicted octanol–water partition coefficient (Wildman–Crippen LogP) is -2.39. The third-order valence-electron chi connectivity index (χ3n) is 1.70. The standard InChI is InChI=1S/C6H14N2O3/c7-4(3-9)5(10)6-8-1-2-11-6/h4-6,8-10H,1-3,7H2. The second-order valence-corrected chi connectivity index (χ2v) is 2.58. The topological polar surface area (TPSA) is 87.7 Å². The van der Waals surface area contributed by atoms with Gasteiger partial charge in [0.25, 0.3) is 0 Å². The van der Waals surface area contributed by atoms with Crippen molar-refractivity contribution < 1.29 is 14.9 Å². The molecule has 1 heterocycles. The molecule has 5 heteroatoms. The van der Waals surface area contributed by atoms with Gasteiger partial charge >= 0.3 is 0 Å². The Bertz CT molecular complexity index is 116. The zero-order valence-electron chi connectivity index (χ0n) is 6.23. The molecule has 0 aromatic rings. The van der Waals surface area contributed by atoms with Crippen LogP contribution in [0, 0.1) is 0 Å². The van der Waals surface area contributed by atoms with E-state index < -0.39 is 18.4 Å². The lowest BCUT2D eigenvalue weighted by molar-refractivity contribution is -0.0313. The van der Waals surface area contributed by atoms with Crippen molar-refractivity contribution in [3.63, 3.8) is 0 Å². The van der Waals surface area contributed by atoms with Gasteiger partial charge < -0.3 is 20.7 Å². The van der Waals surface area contributed by atoms with Crippen LogP contribution in [0.25, 0.3) is 0 Å². The van der Waals surface area contributed by atoms with E-state index in [2.05, 4.69) is 5.32 Å². The van der Waals surface area contributed by atoms with Gasteiger partial charge in [-0.05, 0) is 0 Å². The molecule has 1 aliphatic rings. The summed E-state index contributed by atoms with van der Waals surface area (Å²) in [5.41, 5.74) is 5.38. The van der Waals surface area contributed by atoms with Gasteiger partial charge in [-0.2, -0.15) is 0 Å². The number of nitrogens with two attached hydrogens (primary N) is 1. The molecule has 0 amide bonds. The van der Waals surface area contributed by atoms with Gasteiger partial charge in [0.15, 0.2) is 0 Å². The summed E-state index contributed by atoms with van der Waals surface area (Å²) in [4.78, 5) is 0. The van der Waals surface area contributed by atoms with Crippen molar-refractivity contribution in [3.05, 3.63) is 0 Å². The molecule has 0 aromatic carbocycles. The van der Waals surface area contributed by atoms with Gasteiger partial charge in [0.2, 0.25) is 0 Å². The van der Waals surface area contributed by atoms with Crippen molar-refractivity contribution >= 4 is 0 Å². The number of aliphatic hydroxyl groups is 2. The van der Waals surface area contributed by atoms with Crippen LogP contribution >= 0.6 is 0 Å². The molecule has 0 aromatic heterocycles. The van der Waals surface area contributed by atoms with Crippen molar-refractivity contribution in [2.75, 3.05) is 19.8 Å². The molecule has 5 N–H and O–H groups in total. The van der Waals surface area contributed by atoms with Crippen LogP contribution in [0.5, 0.6) is 0 Å². The van der Waals surface area contributed by atoms with Gasteiger partial charge in [-0.3, -0.25) is 5.32 Å². The first-order chi connectivity index (χ1) is 5.25. The Hall–Kier alpha value is -0.200. The summed E-state index contributed by atoms with van der Waals surface area (Å²) in [7, 11) is 0. The maximum Gasteiger partial charge on any atom is 0.136 e. The summed E-state index contributed by atoms with van der Waals surface area (Å²) in [5, 5.41) is 20.9. The molecule has 3 unspecified atom stereocenters. The molecule has 1 fully saturated rings. The fraction of sp³-hybridized carbons (Fsp3) is 1.00. The smallest absolute Gasteiger partial charge is 0.136 e. The zero-order chi connectivity index (χ0) is 8.27. The molecular formula is C6H14N2O3. The lowest BCUT2D eigenvalue weighted by Gasteiger charge is -2.21. The molecule has 1 aliphatic heterocycles. The molecule has 0 saturated carbocycles. The van der Waals surface area contributed by atoms with E-state index in [0.717, 1.165) is 6.54 Å². The van der Waals surface area contributed by atoms with Gasteiger partial charge in [-0.1, -0.05) is 0 Å². The molecule has 0 aliphatic carbocycles. The van der Waals surface area contributed by atoms with E-state index in [4.69, 9.17) is 15.6 Å². The minimum Gasteiger partial charge on any atom is -0.395 e. The number of rotatable bonds is 3. The Morgan fingerprint density at radius 1 is 1.73 bits per heavy atom. The van der Waals surface area contributed by atoms with Crippen LogP contribution in [0.4, 0.5) is 0 Å². The molecule has 66 valence electrons. The normalized spacial score (nSPS) is 30.3. The summed E-state index contributed by atoms with van der Waals surface area (Å²) >= 11 is 0. The van der Waals surface area contributed by atoms with Gasteiger partial charge in [-0.15, -0.1) is 0 Å². The Morgan fingerprint density at radius 2 is 2.45 bits per heavy atom. The van der Waals surface area contributed by atoms with Crippen molar-refractivity contribution in [3.8, 4) is 0 Å². The van der Waals surface area contributed by atoms with Crippen LogP contribution in [0.1, 0.15) is 0 Å². The third-order valence-corrected chi connectivity index (χ3v) is 1.70. The highest BCUT2D eigenvalue weighted by molar-refractivity contribution is 4.80.